The summed E-state index contributed by atoms with van der Waals surface area (Å²) in [5, 5.41) is 6.48. The van der Waals surface area contributed by atoms with Crippen LogP contribution in [0.25, 0.3) is 0 Å². The summed E-state index contributed by atoms with van der Waals surface area (Å²) in [4.78, 5) is 16.9. The third-order valence-corrected chi connectivity index (χ3v) is 4.14. The van der Waals surface area contributed by atoms with Gasteiger partial charge in [-0.1, -0.05) is 0 Å². The predicted octanol–water partition coefficient (Wildman–Crippen LogP) is 1.43. The predicted molar refractivity (Wildman–Crippen MR) is 73.6 cm³/mol. The first-order valence-corrected chi connectivity index (χ1v) is 7.30. The van der Waals surface area contributed by atoms with E-state index in [1.54, 1.807) is 24.2 Å². The number of hydrogen-bond acceptors (Lipinski definition) is 4. The van der Waals surface area contributed by atoms with Crippen molar-refractivity contribution in [3.8, 4) is 0 Å². The van der Waals surface area contributed by atoms with Crippen molar-refractivity contribution in [2.75, 3.05) is 12.3 Å². The molecule has 0 aliphatic carbocycles. The quantitative estimate of drug-likeness (QED) is 0.809. The Morgan fingerprint density at radius 2 is 2.33 bits per heavy atom. The number of hydrogen-bond donors (Lipinski definition) is 2. The lowest BCUT2D eigenvalue weighted by atomic mass is 10.00. The van der Waals surface area contributed by atoms with Gasteiger partial charge in [0.2, 0.25) is 5.91 Å². The molecule has 5 heteroatoms. The van der Waals surface area contributed by atoms with Crippen molar-refractivity contribution in [3.05, 3.63) is 24.5 Å². The van der Waals surface area contributed by atoms with Crippen LogP contribution in [0.5, 0.6) is 0 Å². The molecule has 1 saturated heterocycles. The number of piperidine rings is 1. The summed E-state index contributed by atoms with van der Waals surface area (Å²) < 4.78 is 0. The minimum absolute atomic E-state index is 0.109. The van der Waals surface area contributed by atoms with E-state index in [2.05, 4.69) is 22.5 Å². The van der Waals surface area contributed by atoms with E-state index in [-0.39, 0.29) is 11.9 Å². The van der Waals surface area contributed by atoms with Crippen LogP contribution in [0.2, 0.25) is 0 Å². The molecule has 0 aromatic carbocycles. The Kier molecular flexibility index (Phi) is 5.01. The molecule has 4 nitrogen and oxygen atoms in total. The summed E-state index contributed by atoms with van der Waals surface area (Å²) in [6.45, 7) is 3.18. The maximum absolute atomic E-state index is 11.9. The molecule has 2 heterocycles. The SMILES string of the molecule is CC1NCCCC1NC(=O)CSc1ccncc1. The monoisotopic (exact) mass is 265 g/mol. The Labute approximate surface area is 112 Å². The topological polar surface area (TPSA) is 54.0 Å². The zero-order valence-electron chi connectivity index (χ0n) is 10.6. The average molecular weight is 265 g/mol. The van der Waals surface area contributed by atoms with Crippen molar-refractivity contribution in [3.63, 3.8) is 0 Å². The van der Waals surface area contributed by atoms with E-state index < -0.39 is 0 Å². The molecule has 2 unspecified atom stereocenters. The third-order valence-electron chi connectivity index (χ3n) is 3.13. The van der Waals surface area contributed by atoms with Gasteiger partial charge >= 0.3 is 0 Å². The highest BCUT2D eigenvalue weighted by Gasteiger charge is 2.22. The number of pyridine rings is 1. The molecule has 2 rings (SSSR count). The largest absolute Gasteiger partial charge is 0.351 e. The number of amides is 1. The number of nitrogens with one attached hydrogen (secondary N) is 2. The summed E-state index contributed by atoms with van der Waals surface area (Å²) in [6, 6.07) is 4.48. The fraction of sp³-hybridized carbons (Fsp3) is 0.538. The lowest BCUT2D eigenvalue weighted by Crippen LogP contribution is -2.52. The average Bonchev–Trinajstić information content (AvgIpc) is 2.40. The van der Waals surface area contributed by atoms with Crippen LogP contribution < -0.4 is 10.6 Å². The first-order valence-electron chi connectivity index (χ1n) is 6.31. The highest BCUT2D eigenvalue weighted by atomic mass is 32.2. The van der Waals surface area contributed by atoms with E-state index in [1.807, 2.05) is 12.1 Å². The van der Waals surface area contributed by atoms with E-state index >= 15 is 0 Å². The zero-order valence-corrected chi connectivity index (χ0v) is 11.4. The third kappa shape index (κ3) is 3.99. The Balaban J connectivity index is 1.75. The van der Waals surface area contributed by atoms with Crippen LogP contribution in [0.3, 0.4) is 0 Å². The summed E-state index contributed by atoms with van der Waals surface area (Å²) in [5.74, 6) is 0.574. The first-order chi connectivity index (χ1) is 8.75. The number of aromatic nitrogens is 1. The second-order valence-corrected chi connectivity index (χ2v) is 5.58. The van der Waals surface area contributed by atoms with Crippen molar-refractivity contribution in [2.45, 2.75) is 36.7 Å². The molecule has 1 aliphatic rings. The fourth-order valence-corrected chi connectivity index (χ4v) is 2.77. The van der Waals surface area contributed by atoms with E-state index in [4.69, 9.17) is 0 Å². The first kappa shape index (κ1) is 13.4. The van der Waals surface area contributed by atoms with Gasteiger partial charge in [0.25, 0.3) is 0 Å². The maximum atomic E-state index is 11.9. The van der Waals surface area contributed by atoms with Crippen LogP contribution in [0.4, 0.5) is 0 Å². The number of thioether (sulfide) groups is 1. The van der Waals surface area contributed by atoms with Crippen LogP contribution in [0.15, 0.2) is 29.4 Å². The molecule has 0 bridgehead atoms. The number of carbonyl (C=O) groups is 1. The summed E-state index contributed by atoms with van der Waals surface area (Å²) >= 11 is 1.55. The summed E-state index contributed by atoms with van der Waals surface area (Å²) in [6.07, 6.45) is 5.69. The van der Waals surface area contributed by atoms with Crippen LogP contribution >= 0.6 is 11.8 Å². The Hall–Kier alpha value is -1.07. The van der Waals surface area contributed by atoms with Crippen LogP contribution in [-0.4, -0.2) is 35.3 Å². The summed E-state index contributed by atoms with van der Waals surface area (Å²) in [5.41, 5.74) is 0. The van der Waals surface area contributed by atoms with Gasteiger partial charge in [-0.05, 0) is 38.4 Å². The molecule has 2 atom stereocenters. The lowest BCUT2D eigenvalue weighted by molar-refractivity contribution is -0.119. The van der Waals surface area contributed by atoms with E-state index in [1.165, 1.54) is 0 Å². The molecule has 98 valence electrons. The molecular weight excluding hydrogens is 246 g/mol. The van der Waals surface area contributed by atoms with Crippen molar-refractivity contribution in [1.29, 1.82) is 0 Å². The van der Waals surface area contributed by atoms with Gasteiger partial charge < -0.3 is 10.6 Å². The van der Waals surface area contributed by atoms with Gasteiger partial charge in [0.05, 0.1) is 5.75 Å². The van der Waals surface area contributed by atoms with E-state index in [9.17, 15) is 4.79 Å². The van der Waals surface area contributed by atoms with Gasteiger partial charge in [-0.3, -0.25) is 9.78 Å². The second-order valence-electron chi connectivity index (χ2n) is 4.53. The molecule has 1 aromatic heterocycles. The molecule has 0 saturated carbocycles. The van der Waals surface area contributed by atoms with Crippen molar-refractivity contribution in [1.82, 2.24) is 15.6 Å². The zero-order chi connectivity index (χ0) is 12.8. The molecule has 0 radical (unpaired) electrons. The van der Waals surface area contributed by atoms with Crippen molar-refractivity contribution >= 4 is 17.7 Å². The molecule has 1 amide bonds. The van der Waals surface area contributed by atoms with Crippen molar-refractivity contribution < 1.29 is 4.79 Å². The lowest BCUT2D eigenvalue weighted by Gasteiger charge is -2.30. The molecular formula is C13H19N3OS. The molecule has 1 aromatic rings. The number of carbonyl (C=O) groups excluding carboxylic acids is 1. The van der Waals surface area contributed by atoms with Gasteiger partial charge in [0.1, 0.15) is 0 Å². The van der Waals surface area contributed by atoms with Crippen LogP contribution in [0.1, 0.15) is 19.8 Å². The molecule has 0 spiro atoms. The van der Waals surface area contributed by atoms with Gasteiger partial charge in [0, 0.05) is 29.4 Å². The Morgan fingerprint density at radius 1 is 1.56 bits per heavy atom. The van der Waals surface area contributed by atoms with E-state index in [0.29, 0.717) is 11.8 Å². The fourth-order valence-electron chi connectivity index (χ4n) is 2.07. The number of nitrogens with zero attached hydrogens (tertiary/aromatic N) is 1. The van der Waals surface area contributed by atoms with Crippen LogP contribution in [-0.2, 0) is 4.79 Å². The highest BCUT2D eigenvalue weighted by molar-refractivity contribution is 8.00. The number of rotatable bonds is 4. The van der Waals surface area contributed by atoms with Gasteiger partial charge in [-0.25, -0.2) is 0 Å². The highest BCUT2D eigenvalue weighted by Crippen LogP contribution is 2.16. The van der Waals surface area contributed by atoms with Gasteiger partial charge in [-0.2, -0.15) is 0 Å². The van der Waals surface area contributed by atoms with E-state index in [0.717, 1.165) is 24.3 Å². The van der Waals surface area contributed by atoms with Crippen molar-refractivity contribution in [2.24, 2.45) is 0 Å². The molecule has 1 fully saturated rings. The summed E-state index contributed by atoms with van der Waals surface area (Å²) in [7, 11) is 0. The van der Waals surface area contributed by atoms with Crippen LogP contribution in [0, 0.1) is 0 Å². The minimum Gasteiger partial charge on any atom is -0.351 e. The van der Waals surface area contributed by atoms with Gasteiger partial charge in [0.15, 0.2) is 0 Å². The molecule has 1 aliphatic heterocycles. The standard InChI is InChI=1S/C13H19N3OS/c1-10-12(3-2-6-15-10)16-13(17)9-18-11-4-7-14-8-5-11/h4-5,7-8,10,12,15H,2-3,6,9H2,1H3,(H,16,17). The minimum atomic E-state index is 0.109. The Morgan fingerprint density at radius 3 is 3.06 bits per heavy atom. The Bertz CT molecular complexity index is 385. The maximum Gasteiger partial charge on any atom is 0.230 e. The normalized spacial score (nSPS) is 23.6. The molecule has 18 heavy (non-hydrogen) atoms. The molecule has 2 N–H and O–H groups in total. The van der Waals surface area contributed by atoms with Gasteiger partial charge in [-0.15, -0.1) is 11.8 Å². The smallest absolute Gasteiger partial charge is 0.230 e. The second kappa shape index (κ2) is 6.75.